The molecule has 2 N–H and O–H groups in total. The van der Waals surface area contributed by atoms with E-state index in [4.69, 9.17) is 10.2 Å². The minimum atomic E-state index is 0.387. The minimum absolute atomic E-state index is 0.387. The second kappa shape index (κ2) is 3.82. The minimum Gasteiger partial charge on any atom is -0.424 e. The van der Waals surface area contributed by atoms with Crippen LogP contribution in [0.3, 0.4) is 0 Å². The number of fused-ring (bicyclic) bond motifs is 2. The van der Waals surface area contributed by atoms with Crippen molar-refractivity contribution in [1.29, 1.82) is 0 Å². The monoisotopic (exact) mass is 222 g/mol. The molecule has 5 heteroatoms. The highest BCUT2D eigenvalue weighted by Crippen LogP contribution is 2.35. The Kier molecular flexibility index (Phi) is 2.44. The van der Waals surface area contributed by atoms with Crippen LogP contribution in [0.25, 0.3) is 0 Å². The molecular formula is C11H18N4O. The highest BCUT2D eigenvalue weighted by atomic mass is 16.4. The summed E-state index contributed by atoms with van der Waals surface area (Å²) in [5, 5.41) is 7.94. The molecule has 0 saturated carbocycles. The number of rotatable bonds is 2. The molecule has 2 aliphatic rings. The fourth-order valence-corrected chi connectivity index (χ4v) is 3.13. The predicted octanol–water partition coefficient (Wildman–Crippen LogP) is 0.832. The van der Waals surface area contributed by atoms with Gasteiger partial charge < -0.3 is 10.2 Å². The van der Waals surface area contributed by atoms with Crippen LogP contribution in [-0.2, 0) is 6.54 Å². The van der Waals surface area contributed by atoms with Gasteiger partial charge in [0.2, 0.25) is 11.8 Å². The molecule has 2 unspecified atom stereocenters. The second-order valence-corrected chi connectivity index (χ2v) is 5.00. The number of hydrogen-bond acceptors (Lipinski definition) is 5. The average molecular weight is 222 g/mol. The molecule has 0 aromatic carbocycles. The van der Waals surface area contributed by atoms with E-state index in [1.165, 1.54) is 12.8 Å². The molecule has 2 aliphatic heterocycles. The lowest BCUT2D eigenvalue weighted by Gasteiger charge is -2.36. The van der Waals surface area contributed by atoms with E-state index in [0.29, 0.717) is 24.0 Å². The molecule has 3 heterocycles. The molecule has 3 rings (SSSR count). The third-order valence-electron chi connectivity index (χ3n) is 3.81. The van der Waals surface area contributed by atoms with Gasteiger partial charge in [-0.25, -0.2) is 0 Å². The van der Waals surface area contributed by atoms with Crippen molar-refractivity contribution in [3.8, 4) is 0 Å². The van der Waals surface area contributed by atoms with Gasteiger partial charge in [0.25, 0.3) is 0 Å². The lowest BCUT2D eigenvalue weighted by atomic mass is 9.98. The van der Waals surface area contributed by atoms with Gasteiger partial charge in [0.15, 0.2) is 0 Å². The van der Waals surface area contributed by atoms with Crippen molar-refractivity contribution in [2.75, 3.05) is 0 Å². The maximum atomic E-state index is 6.04. The molecule has 0 radical (unpaired) electrons. The van der Waals surface area contributed by atoms with Crippen molar-refractivity contribution in [2.45, 2.75) is 57.3 Å². The normalized spacial score (nSPS) is 34.5. The van der Waals surface area contributed by atoms with E-state index in [2.05, 4.69) is 15.1 Å². The first-order valence-corrected chi connectivity index (χ1v) is 6.02. The molecule has 2 bridgehead atoms. The fraction of sp³-hybridized carbons (Fsp3) is 0.818. The van der Waals surface area contributed by atoms with Crippen molar-refractivity contribution in [3.05, 3.63) is 11.8 Å². The third-order valence-corrected chi connectivity index (χ3v) is 3.81. The van der Waals surface area contributed by atoms with Gasteiger partial charge in [0.1, 0.15) is 0 Å². The largest absolute Gasteiger partial charge is 0.424 e. The van der Waals surface area contributed by atoms with Crippen LogP contribution < -0.4 is 5.73 Å². The van der Waals surface area contributed by atoms with E-state index in [9.17, 15) is 0 Å². The van der Waals surface area contributed by atoms with Crippen LogP contribution in [0.2, 0.25) is 0 Å². The zero-order chi connectivity index (χ0) is 11.1. The van der Waals surface area contributed by atoms with Gasteiger partial charge in [0, 0.05) is 25.0 Å². The molecule has 5 nitrogen and oxygen atoms in total. The summed E-state index contributed by atoms with van der Waals surface area (Å²) >= 11 is 0. The van der Waals surface area contributed by atoms with E-state index < -0.39 is 0 Å². The van der Waals surface area contributed by atoms with Gasteiger partial charge >= 0.3 is 0 Å². The van der Waals surface area contributed by atoms with Gasteiger partial charge in [-0.1, -0.05) is 0 Å². The standard InChI is InChI=1S/C11H18N4O/c1-7-13-14-11(16-7)6-15-9-2-3-10(15)5-8(12)4-9/h8-10H,2-6,12H2,1H3. The first-order chi connectivity index (χ1) is 7.72. The van der Waals surface area contributed by atoms with Crippen LogP contribution in [0.15, 0.2) is 4.42 Å². The van der Waals surface area contributed by atoms with E-state index >= 15 is 0 Å². The van der Waals surface area contributed by atoms with Crippen molar-refractivity contribution >= 4 is 0 Å². The number of nitrogens with two attached hydrogens (primary N) is 1. The Hall–Kier alpha value is -0.940. The molecule has 2 fully saturated rings. The highest BCUT2D eigenvalue weighted by Gasteiger charge is 2.39. The van der Waals surface area contributed by atoms with Crippen LogP contribution in [0.1, 0.15) is 37.5 Å². The Morgan fingerprint density at radius 1 is 1.31 bits per heavy atom. The van der Waals surface area contributed by atoms with Gasteiger partial charge in [0.05, 0.1) is 6.54 Å². The second-order valence-electron chi connectivity index (χ2n) is 5.00. The van der Waals surface area contributed by atoms with E-state index in [1.807, 2.05) is 6.92 Å². The van der Waals surface area contributed by atoms with E-state index in [-0.39, 0.29) is 0 Å². The first kappa shape index (κ1) is 10.2. The van der Waals surface area contributed by atoms with E-state index in [1.54, 1.807) is 0 Å². The number of nitrogens with zero attached hydrogens (tertiary/aromatic N) is 3. The quantitative estimate of drug-likeness (QED) is 0.802. The summed E-state index contributed by atoms with van der Waals surface area (Å²) in [4.78, 5) is 2.50. The number of aryl methyl sites for hydroxylation is 1. The molecule has 1 aromatic heterocycles. The maximum Gasteiger partial charge on any atom is 0.230 e. The Morgan fingerprint density at radius 3 is 2.56 bits per heavy atom. The van der Waals surface area contributed by atoms with Crippen LogP contribution in [-0.4, -0.2) is 33.2 Å². The number of aromatic nitrogens is 2. The topological polar surface area (TPSA) is 68.2 Å². The van der Waals surface area contributed by atoms with Crippen molar-refractivity contribution in [1.82, 2.24) is 15.1 Å². The van der Waals surface area contributed by atoms with Gasteiger partial charge in [-0.3, -0.25) is 4.90 Å². The Labute approximate surface area is 95.0 Å². The van der Waals surface area contributed by atoms with Crippen molar-refractivity contribution in [2.24, 2.45) is 5.73 Å². The molecule has 0 amide bonds. The third kappa shape index (κ3) is 1.74. The summed E-state index contributed by atoms with van der Waals surface area (Å²) in [5.41, 5.74) is 6.04. The zero-order valence-electron chi connectivity index (χ0n) is 9.59. The molecule has 0 aliphatic carbocycles. The van der Waals surface area contributed by atoms with Crippen molar-refractivity contribution < 1.29 is 4.42 Å². The summed E-state index contributed by atoms with van der Waals surface area (Å²) in [6.45, 7) is 2.63. The number of hydrogen-bond donors (Lipinski definition) is 1. The summed E-state index contributed by atoms with van der Waals surface area (Å²) < 4.78 is 5.44. The summed E-state index contributed by atoms with van der Waals surface area (Å²) in [6, 6.07) is 1.64. The summed E-state index contributed by atoms with van der Waals surface area (Å²) in [6.07, 6.45) is 4.77. The van der Waals surface area contributed by atoms with Crippen molar-refractivity contribution in [3.63, 3.8) is 0 Å². The number of piperidine rings is 1. The molecule has 2 saturated heterocycles. The Morgan fingerprint density at radius 2 is 2.00 bits per heavy atom. The molecular weight excluding hydrogens is 204 g/mol. The van der Waals surface area contributed by atoms with Crippen LogP contribution >= 0.6 is 0 Å². The zero-order valence-corrected chi connectivity index (χ0v) is 9.59. The van der Waals surface area contributed by atoms with E-state index in [0.717, 1.165) is 25.3 Å². The Balaban J connectivity index is 1.72. The predicted molar refractivity (Wildman–Crippen MR) is 58.6 cm³/mol. The van der Waals surface area contributed by atoms with Crippen LogP contribution in [0.4, 0.5) is 0 Å². The molecule has 2 atom stereocenters. The first-order valence-electron chi connectivity index (χ1n) is 6.02. The lowest BCUT2D eigenvalue weighted by Crippen LogP contribution is -2.46. The fourth-order valence-electron chi connectivity index (χ4n) is 3.13. The smallest absolute Gasteiger partial charge is 0.230 e. The lowest BCUT2D eigenvalue weighted by molar-refractivity contribution is 0.108. The van der Waals surface area contributed by atoms with Gasteiger partial charge in [-0.15, -0.1) is 10.2 Å². The molecule has 0 spiro atoms. The average Bonchev–Trinajstić information content (AvgIpc) is 2.72. The summed E-state index contributed by atoms with van der Waals surface area (Å²) in [5.74, 6) is 1.39. The Bertz CT molecular complexity index is 364. The van der Waals surface area contributed by atoms with Gasteiger partial charge in [-0.05, 0) is 25.7 Å². The molecule has 1 aromatic rings. The summed E-state index contributed by atoms with van der Waals surface area (Å²) in [7, 11) is 0. The van der Waals surface area contributed by atoms with Gasteiger partial charge in [-0.2, -0.15) is 0 Å². The molecule has 88 valence electrons. The molecule has 16 heavy (non-hydrogen) atoms. The van der Waals surface area contributed by atoms with Crippen LogP contribution in [0.5, 0.6) is 0 Å². The SMILES string of the molecule is Cc1nnc(CN2C3CCC2CC(N)C3)o1. The highest BCUT2D eigenvalue weighted by molar-refractivity contribution is 4.97. The van der Waals surface area contributed by atoms with Crippen LogP contribution in [0, 0.1) is 6.92 Å². The maximum absolute atomic E-state index is 6.04.